The van der Waals surface area contributed by atoms with E-state index in [0.29, 0.717) is 22.8 Å². The molecule has 0 radical (unpaired) electrons. The summed E-state index contributed by atoms with van der Waals surface area (Å²) in [6.45, 7) is 3.52. The number of benzene rings is 1. The average Bonchev–Trinajstić information content (AvgIpc) is 2.61. The number of nitro groups is 1. The van der Waals surface area contributed by atoms with Crippen LogP contribution in [0.5, 0.6) is 0 Å². The van der Waals surface area contributed by atoms with Gasteiger partial charge in [0, 0.05) is 6.07 Å². The summed E-state index contributed by atoms with van der Waals surface area (Å²) in [6.07, 6.45) is 0. The van der Waals surface area contributed by atoms with Gasteiger partial charge in [-0.15, -0.1) is 0 Å². The number of nitro benzene ring substituents is 1. The number of anilines is 2. The largest absolute Gasteiger partial charge is 0.359 e. The molecule has 6 heteroatoms. The molecule has 0 saturated heterocycles. The van der Waals surface area contributed by atoms with Crippen LogP contribution in [0.2, 0.25) is 0 Å². The number of nitrogens with zero attached hydrogens (tertiary/aromatic N) is 2. The van der Waals surface area contributed by atoms with Gasteiger partial charge in [0.1, 0.15) is 17.1 Å². The van der Waals surface area contributed by atoms with Gasteiger partial charge in [0.25, 0.3) is 5.69 Å². The number of hydrogen-bond donors (Lipinski definition) is 1. The third-order valence-corrected chi connectivity index (χ3v) is 2.39. The van der Waals surface area contributed by atoms with E-state index in [1.54, 1.807) is 32.0 Å². The summed E-state index contributed by atoms with van der Waals surface area (Å²) in [5, 5.41) is 17.6. The Labute approximate surface area is 97.4 Å². The topological polar surface area (TPSA) is 81.2 Å². The summed E-state index contributed by atoms with van der Waals surface area (Å²) < 4.78 is 4.99. The van der Waals surface area contributed by atoms with E-state index in [9.17, 15) is 10.1 Å². The van der Waals surface area contributed by atoms with Gasteiger partial charge in [-0.1, -0.05) is 17.3 Å². The molecule has 0 saturated carbocycles. The van der Waals surface area contributed by atoms with Gasteiger partial charge >= 0.3 is 0 Å². The van der Waals surface area contributed by atoms with Gasteiger partial charge in [0.15, 0.2) is 5.76 Å². The van der Waals surface area contributed by atoms with Gasteiger partial charge in [-0.2, -0.15) is 0 Å². The summed E-state index contributed by atoms with van der Waals surface area (Å²) >= 11 is 0. The molecule has 0 fully saturated rings. The molecule has 88 valence electrons. The zero-order chi connectivity index (χ0) is 12.4. The predicted octanol–water partition coefficient (Wildman–Crippen LogP) is 2.94. The SMILES string of the molecule is Cc1noc(C)c1Nc1ccccc1[N+](=O)[O-]. The van der Waals surface area contributed by atoms with Gasteiger partial charge in [0.05, 0.1) is 4.92 Å². The highest BCUT2D eigenvalue weighted by molar-refractivity contribution is 5.71. The van der Waals surface area contributed by atoms with Crippen LogP contribution in [0.15, 0.2) is 28.8 Å². The Morgan fingerprint density at radius 1 is 1.35 bits per heavy atom. The highest BCUT2D eigenvalue weighted by atomic mass is 16.6. The lowest BCUT2D eigenvalue weighted by molar-refractivity contribution is -0.383. The second-order valence-electron chi connectivity index (χ2n) is 3.60. The molecule has 0 atom stereocenters. The molecule has 0 aliphatic rings. The van der Waals surface area contributed by atoms with Crippen molar-refractivity contribution < 1.29 is 9.45 Å². The quantitative estimate of drug-likeness (QED) is 0.651. The van der Waals surface area contributed by atoms with E-state index in [0.717, 1.165) is 0 Å². The first kappa shape index (κ1) is 11.1. The van der Waals surface area contributed by atoms with Crippen LogP contribution in [0.4, 0.5) is 17.1 Å². The van der Waals surface area contributed by atoms with Crippen molar-refractivity contribution in [2.45, 2.75) is 13.8 Å². The number of rotatable bonds is 3. The van der Waals surface area contributed by atoms with Gasteiger partial charge in [0.2, 0.25) is 0 Å². The van der Waals surface area contributed by atoms with Crippen LogP contribution in [0.1, 0.15) is 11.5 Å². The van der Waals surface area contributed by atoms with E-state index >= 15 is 0 Å². The van der Waals surface area contributed by atoms with Crippen molar-refractivity contribution in [1.29, 1.82) is 0 Å². The molecular weight excluding hydrogens is 222 g/mol. The normalized spacial score (nSPS) is 10.2. The zero-order valence-corrected chi connectivity index (χ0v) is 9.43. The van der Waals surface area contributed by atoms with Gasteiger partial charge in [-0.3, -0.25) is 10.1 Å². The highest BCUT2D eigenvalue weighted by Gasteiger charge is 2.16. The average molecular weight is 233 g/mol. The Kier molecular flexibility index (Phi) is 2.78. The fourth-order valence-electron chi connectivity index (χ4n) is 1.53. The maximum atomic E-state index is 10.8. The van der Waals surface area contributed by atoms with Crippen molar-refractivity contribution in [3.05, 3.63) is 45.8 Å². The van der Waals surface area contributed by atoms with E-state index in [-0.39, 0.29) is 5.69 Å². The minimum Gasteiger partial charge on any atom is -0.359 e. The van der Waals surface area contributed by atoms with Crippen LogP contribution in [-0.4, -0.2) is 10.1 Å². The Morgan fingerprint density at radius 3 is 2.65 bits per heavy atom. The lowest BCUT2D eigenvalue weighted by Crippen LogP contribution is -1.97. The highest BCUT2D eigenvalue weighted by Crippen LogP contribution is 2.29. The maximum absolute atomic E-state index is 10.8. The minimum absolute atomic E-state index is 0.0208. The fraction of sp³-hybridized carbons (Fsp3) is 0.182. The molecule has 0 unspecified atom stereocenters. The van der Waals surface area contributed by atoms with Crippen LogP contribution < -0.4 is 5.32 Å². The Bertz CT molecular complexity index is 543. The molecule has 2 aromatic rings. The molecule has 2 rings (SSSR count). The monoisotopic (exact) mass is 233 g/mol. The Hall–Kier alpha value is -2.37. The third kappa shape index (κ3) is 2.10. The van der Waals surface area contributed by atoms with Crippen LogP contribution in [-0.2, 0) is 0 Å². The third-order valence-electron chi connectivity index (χ3n) is 2.39. The summed E-state index contributed by atoms with van der Waals surface area (Å²) in [7, 11) is 0. The summed E-state index contributed by atoms with van der Waals surface area (Å²) in [5.41, 5.74) is 1.78. The first-order valence-electron chi connectivity index (χ1n) is 5.03. The summed E-state index contributed by atoms with van der Waals surface area (Å²) in [5.74, 6) is 0.598. The van der Waals surface area contributed by atoms with Crippen molar-refractivity contribution in [3.63, 3.8) is 0 Å². The Balaban J connectivity index is 2.40. The van der Waals surface area contributed by atoms with Crippen molar-refractivity contribution in [2.75, 3.05) is 5.32 Å². The van der Waals surface area contributed by atoms with Crippen molar-refractivity contribution in [3.8, 4) is 0 Å². The van der Waals surface area contributed by atoms with E-state index in [2.05, 4.69) is 10.5 Å². The summed E-state index contributed by atoms with van der Waals surface area (Å²) in [6, 6.07) is 6.44. The van der Waals surface area contributed by atoms with Crippen LogP contribution >= 0.6 is 0 Å². The van der Waals surface area contributed by atoms with Crippen molar-refractivity contribution in [1.82, 2.24) is 5.16 Å². The number of para-hydroxylation sites is 2. The summed E-state index contributed by atoms with van der Waals surface area (Å²) in [4.78, 5) is 10.4. The molecule has 0 amide bonds. The Morgan fingerprint density at radius 2 is 2.06 bits per heavy atom. The molecule has 0 bridgehead atoms. The van der Waals surface area contributed by atoms with Crippen LogP contribution in [0, 0.1) is 24.0 Å². The fourth-order valence-corrected chi connectivity index (χ4v) is 1.53. The number of aromatic nitrogens is 1. The predicted molar refractivity (Wildman–Crippen MR) is 62.4 cm³/mol. The molecular formula is C11H11N3O3. The second-order valence-corrected chi connectivity index (χ2v) is 3.60. The second kappa shape index (κ2) is 4.25. The maximum Gasteiger partial charge on any atom is 0.292 e. The van der Waals surface area contributed by atoms with Gasteiger partial charge in [-0.05, 0) is 19.9 Å². The number of aryl methyl sites for hydroxylation is 2. The molecule has 1 N–H and O–H groups in total. The lowest BCUT2D eigenvalue weighted by atomic mass is 10.2. The molecule has 0 aliphatic carbocycles. The number of hydrogen-bond acceptors (Lipinski definition) is 5. The zero-order valence-electron chi connectivity index (χ0n) is 9.43. The molecule has 0 spiro atoms. The minimum atomic E-state index is -0.430. The molecule has 17 heavy (non-hydrogen) atoms. The molecule has 6 nitrogen and oxygen atoms in total. The first-order chi connectivity index (χ1) is 8.09. The molecule has 1 aromatic heterocycles. The van der Waals surface area contributed by atoms with Crippen molar-refractivity contribution >= 4 is 17.1 Å². The number of nitrogens with one attached hydrogen (secondary N) is 1. The van der Waals surface area contributed by atoms with Crippen LogP contribution in [0.3, 0.4) is 0 Å². The van der Waals surface area contributed by atoms with Crippen LogP contribution in [0.25, 0.3) is 0 Å². The smallest absolute Gasteiger partial charge is 0.292 e. The van der Waals surface area contributed by atoms with E-state index < -0.39 is 4.92 Å². The van der Waals surface area contributed by atoms with Gasteiger partial charge < -0.3 is 9.84 Å². The lowest BCUT2D eigenvalue weighted by Gasteiger charge is -2.05. The molecule has 1 aromatic carbocycles. The molecule has 0 aliphatic heterocycles. The molecule has 1 heterocycles. The van der Waals surface area contributed by atoms with E-state index in [4.69, 9.17) is 4.52 Å². The standard InChI is InChI=1S/C11H11N3O3/c1-7-11(8(2)17-13-7)12-9-5-3-4-6-10(9)14(15)16/h3-6,12H,1-2H3. The van der Waals surface area contributed by atoms with Crippen molar-refractivity contribution in [2.24, 2.45) is 0 Å². The van der Waals surface area contributed by atoms with Gasteiger partial charge in [-0.25, -0.2) is 0 Å². The van der Waals surface area contributed by atoms with E-state index in [1.165, 1.54) is 6.07 Å². The first-order valence-corrected chi connectivity index (χ1v) is 5.03. The van der Waals surface area contributed by atoms with E-state index in [1.807, 2.05) is 0 Å².